The molecule has 1 rings (SSSR count). The summed E-state index contributed by atoms with van der Waals surface area (Å²) in [7, 11) is 8.76. The Balaban J connectivity index is 0. The molecule has 6 heteroatoms. The second kappa shape index (κ2) is 19.8. The van der Waals surface area contributed by atoms with Gasteiger partial charge in [0.2, 0.25) is 0 Å². The zero-order chi connectivity index (χ0) is 30.2. The van der Waals surface area contributed by atoms with Crippen molar-refractivity contribution >= 4 is 0 Å². The molecular weight excluding hydrogens is 468 g/mol. The number of hydrogen-bond donors (Lipinski definition) is 0. The Hall–Kier alpha value is -0.240. The smallest absolute Gasteiger partial charge is 0.0122 e. The van der Waals surface area contributed by atoms with Gasteiger partial charge in [-0.05, 0) is 136 Å². The van der Waals surface area contributed by atoms with Crippen molar-refractivity contribution in [3.63, 3.8) is 0 Å². The van der Waals surface area contributed by atoms with E-state index in [9.17, 15) is 0 Å². The first-order valence-corrected chi connectivity index (χ1v) is 15.6. The van der Waals surface area contributed by atoms with E-state index in [1.165, 1.54) is 45.6 Å². The van der Waals surface area contributed by atoms with Crippen LogP contribution in [0.2, 0.25) is 0 Å². The van der Waals surface area contributed by atoms with Crippen LogP contribution in [0.25, 0.3) is 0 Å². The van der Waals surface area contributed by atoms with Gasteiger partial charge in [-0.3, -0.25) is 0 Å². The second-order valence-corrected chi connectivity index (χ2v) is 14.2. The predicted molar refractivity (Wildman–Crippen MR) is 174 cm³/mol. The molecular formula is C32H74N6. The van der Waals surface area contributed by atoms with E-state index in [0.717, 1.165) is 39.3 Å². The molecule has 1 aliphatic rings. The maximum atomic E-state index is 2.57. The summed E-state index contributed by atoms with van der Waals surface area (Å²) in [5.74, 6) is 0. The first-order valence-electron chi connectivity index (χ1n) is 15.6. The van der Waals surface area contributed by atoms with Crippen LogP contribution in [-0.4, -0.2) is 146 Å². The fourth-order valence-corrected chi connectivity index (χ4v) is 3.61. The molecule has 1 aliphatic heterocycles. The van der Waals surface area contributed by atoms with E-state index in [2.05, 4.69) is 141 Å². The maximum absolute atomic E-state index is 2.57. The number of rotatable bonds is 12. The molecule has 232 valence electrons. The molecule has 0 unspecified atom stereocenters. The third-order valence-corrected chi connectivity index (χ3v) is 8.39. The van der Waals surface area contributed by atoms with Crippen LogP contribution in [-0.2, 0) is 0 Å². The molecule has 0 aliphatic carbocycles. The topological polar surface area (TPSA) is 19.4 Å². The highest BCUT2D eigenvalue weighted by Crippen LogP contribution is 2.12. The van der Waals surface area contributed by atoms with Gasteiger partial charge in [0, 0.05) is 55.9 Å². The molecule has 0 amide bonds. The molecule has 0 radical (unpaired) electrons. The molecule has 0 aromatic rings. The lowest BCUT2D eigenvalue weighted by Crippen LogP contribution is -2.42. The van der Waals surface area contributed by atoms with Crippen LogP contribution in [0.5, 0.6) is 0 Å². The summed E-state index contributed by atoms with van der Waals surface area (Å²) in [6.45, 7) is 40.2. The van der Waals surface area contributed by atoms with Crippen LogP contribution in [0.3, 0.4) is 0 Å². The average Bonchev–Trinajstić information content (AvgIpc) is 3.33. The van der Waals surface area contributed by atoms with Crippen molar-refractivity contribution in [1.82, 2.24) is 29.4 Å². The van der Waals surface area contributed by atoms with Crippen molar-refractivity contribution in [3.8, 4) is 0 Å². The fourth-order valence-electron chi connectivity index (χ4n) is 3.61. The van der Waals surface area contributed by atoms with Crippen molar-refractivity contribution in [2.24, 2.45) is 0 Å². The Kier molecular flexibility index (Phi) is 20.8. The zero-order valence-corrected chi connectivity index (χ0v) is 29.4. The first kappa shape index (κ1) is 39.9. The van der Waals surface area contributed by atoms with Gasteiger partial charge in [0.25, 0.3) is 0 Å². The standard InChI is InChI=1S/C11H24N2.C11H26N2.C10H24N2/c1-11(2,3)12(4)9-10-13-7-5-6-8-13;1-7-13(8-2)10-9-12(6)11(3,4)5;1-7-11(5)8-9-12(6)10(2,3)4/h5-10H2,1-4H3;7-10H2,1-6H3;7-9H2,1-6H3. The average molecular weight is 543 g/mol. The molecule has 38 heavy (non-hydrogen) atoms. The maximum Gasteiger partial charge on any atom is 0.0122 e. The zero-order valence-electron chi connectivity index (χ0n) is 29.4. The van der Waals surface area contributed by atoms with Gasteiger partial charge in [-0.15, -0.1) is 0 Å². The number of nitrogens with zero attached hydrogens (tertiary/aromatic N) is 6. The lowest BCUT2D eigenvalue weighted by molar-refractivity contribution is 0.149. The molecule has 0 saturated carbocycles. The normalized spacial score (nSPS) is 15.4. The fraction of sp³-hybridized carbons (Fsp3) is 1.00. The number of likely N-dealkylation sites (tertiary alicyclic amines) is 1. The van der Waals surface area contributed by atoms with Crippen LogP contribution < -0.4 is 0 Å². The lowest BCUT2D eigenvalue weighted by atomic mass is 10.1. The minimum absolute atomic E-state index is 0.299. The van der Waals surface area contributed by atoms with Gasteiger partial charge in [0.05, 0.1) is 0 Å². The summed E-state index contributed by atoms with van der Waals surface area (Å²) in [5.41, 5.74) is 0.918. The Morgan fingerprint density at radius 3 is 1.21 bits per heavy atom. The molecule has 1 heterocycles. The van der Waals surface area contributed by atoms with Gasteiger partial charge in [-0.25, -0.2) is 0 Å². The molecule has 1 fully saturated rings. The van der Waals surface area contributed by atoms with Crippen molar-refractivity contribution in [1.29, 1.82) is 0 Å². The van der Waals surface area contributed by atoms with Crippen molar-refractivity contribution in [2.45, 2.75) is 113 Å². The Bertz CT molecular complexity index is 514. The van der Waals surface area contributed by atoms with Gasteiger partial charge in [-0.2, -0.15) is 0 Å². The Labute approximate surface area is 242 Å². The second-order valence-electron chi connectivity index (χ2n) is 14.2. The van der Waals surface area contributed by atoms with E-state index in [4.69, 9.17) is 0 Å². The SMILES string of the molecule is CCN(C)CCN(C)C(C)(C)C.CCN(CC)CCN(C)C(C)(C)C.CN(CCN1CCCC1)C(C)(C)C. The molecule has 0 N–H and O–H groups in total. The van der Waals surface area contributed by atoms with Crippen LogP contribution >= 0.6 is 0 Å². The molecule has 0 aromatic carbocycles. The van der Waals surface area contributed by atoms with Crippen LogP contribution in [0.15, 0.2) is 0 Å². The third-order valence-electron chi connectivity index (χ3n) is 8.39. The summed E-state index contributed by atoms with van der Waals surface area (Å²) in [6.07, 6.45) is 2.80. The van der Waals surface area contributed by atoms with Gasteiger partial charge >= 0.3 is 0 Å². The molecule has 0 bridgehead atoms. The third kappa shape index (κ3) is 20.6. The first-order chi connectivity index (χ1) is 17.3. The summed E-state index contributed by atoms with van der Waals surface area (Å²) in [5, 5.41) is 0. The van der Waals surface area contributed by atoms with Crippen LogP contribution in [0.4, 0.5) is 0 Å². The molecule has 0 atom stereocenters. The lowest BCUT2D eigenvalue weighted by Gasteiger charge is -2.33. The van der Waals surface area contributed by atoms with E-state index in [-0.39, 0.29) is 0 Å². The molecule has 6 nitrogen and oxygen atoms in total. The highest BCUT2D eigenvalue weighted by Gasteiger charge is 2.19. The highest BCUT2D eigenvalue weighted by atomic mass is 15.2. The van der Waals surface area contributed by atoms with Gasteiger partial charge in [0.1, 0.15) is 0 Å². The number of likely N-dealkylation sites (N-methyl/N-ethyl adjacent to an activating group) is 5. The minimum Gasteiger partial charge on any atom is -0.305 e. The highest BCUT2D eigenvalue weighted by molar-refractivity contribution is 4.76. The van der Waals surface area contributed by atoms with E-state index in [1.807, 2.05) is 0 Å². The summed E-state index contributed by atoms with van der Waals surface area (Å²) in [6, 6.07) is 0. The monoisotopic (exact) mass is 543 g/mol. The Morgan fingerprint density at radius 1 is 0.500 bits per heavy atom. The van der Waals surface area contributed by atoms with Crippen LogP contribution in [0.1, 0.15) is 95.9 Å². The van der Waals surface area contributed by atoms with E-state index >= 15 is 0 Å². The summed E-state index contributed by atoms with van der Waals surface area (Å²) in [4.78, 5) is 14.6. The quantitative estimate of drug-likeness (QED) is 0.320. The van der Waals surface area contributed by atoms with Crippen molar-refractivity contribution < 1.29 is 0 Å². The van der Waals surface area contributed by atoms with E-state index < -0.39 is 0 Å². The largest absolute Gasteiger partial charge is 0.305 e. The van der Waals surface area contributed by atoms with Gasteiger partial charge < -0.3 is 29.4 Å². The van der Waals surface area contributed by atoms with Crippen molar-refractivity contribution in [3.05, 3.63) is 0 Å². The molecule has 1 saturated heterocycles. The predicted octanol–water partition coefficient (Wildman–Crippen LogP) is 5.54. The van der Waals surface area contributed by atoms with E-state index in [0.29, 0.717) is 16.6 Å². The van der Waals surface area contributed by atoms with Gasteiger partial charge in [0.15, 0.2) is 0 Å². The van der Waals surface area contributed by atoms with Crippen molar-refractivity contribution in [2.75, 3.05) is 100 Å². The summed E-state index contributed by atoms with van der Waals surface area (Å²) >= 11 is 0. The molecule has 0 aromatic heterocycles. The van der Waals surface area contributed by atoms with E-state index in [1.54, 1.807) is 0 Å². The Morgan fingerprint density at radius 2 is 0.868 bits per heavy atom. The molecule has 0 spiro atoms. The summed E-state index contributed by atoms with van der Waals surface area (Å²) < 4.78 is 0. The minimum atomic E-state index is 0.299. The van der Waals surface area contributed by atoms with Gasteiger partial charge in [-0.1, -0.05) is 20.8 Å². The number of hydrogen-bond acceptors (Lipinski definition) is 6. The van der Waals surface area contributed by atoms with Crippen LogP contribution in [0, 0.1) is 0 Å².